The average molecular weight is 824 g/mol. The summed E-state index contributed by atoms with van der Waals surface area (Å²) in [6, 6.07) is 61.7. The van der Waals surface area contributed by atoms with Crippen molar-refractivity contribution in [1.29, 1.82) is 0 Å². The molecule has 3 aliphatic carbocycles. The first-order chi connectivity index (χ1) is 31.3. The number of rotatable bonds is 7. The van der Waals surface area contributed by atoms with Crippen molar-refractivity contribution in [3.63, 3.8) is 0 Å². The Morgan fingerprint density at radius 1 is 0.531 bits per heavy atom. The van der Waals surface area contributed by atoms with Crippen molar-refractivity contribution in [3.05, 3.63) is 245 Å². The normalized spacial score (nSPS) is 17.3. The van der Waals surface area contributed by atoms with Gasteiger partial charge >= 0.3 is 0 Å². The number of aliphatic imine (C=N–C) groups is 2. The summed E-state index contributed by atoms with van der Waals surface area (Å²) in [5, 5.41) is 0. The van der Waals surface area contributed by atoms with Crippen molar-refractivity contribution in [1.82, 2.24) is 15.0 Å². The van der Waals surface area contributed by atoms with Gasteiger partial charge in [0.25, 0.3) is 0 Å². The molecule has 0 amide bonds. The Labute approximate surface area is 374 Å². The van der Waals surface area contributed by atoms with Crippen LogP contribution in [0.2, 0.25) is 0 Å². The molecule has 5 heteroatoms. The zero-order chi connectivity index (χ0) is 43.4. The SMILES string of the molecule is C=C(/N=C(\N=C(/C)c1ccccc1)C1C=CC2=C(C1)C1(c3cc(C)ccc32)c2cc(C)ccc2-c2ccc(-c3nc(-c4ccccc4)nc(-c4ccccc4)n3)cc21)c1ccccc1. The van der Waals surface area contributed by atoms with Crippen molar-refractivity contribution in [2.24, 2.45) is 15.9 Å². The molecule has 1 spiro atoms. The molecule has 2 unspecified atom stereocenters. The highest BCUT2D eigenvalue weighted by atomic mass is 15.0. The smallest absolute Gasteiger partial charge is 0.164 e. The van der Waals surface area contributed by atoms with Crippen LogP contribution in [-0.2, 0) is 5.41 Å². The van der Waals surface area contributed by atoms with Gasteiger partial charge in [0.15, 0.2) is 17.5 Å². The lowest BCUT2D eigenvalue weighted by atomic mass is 9.66. The first-order valence-electron chi connectivity index (χ1n) is 22.0. The molecule has 0 radical (unpaired) electrons. The lowest BCUT2D eigenvalue weighted by Crippen LogP contribution is -2.30. The predicted molar refractivity (Wildman–Crippen MR) is 263 cm³/mol. The molecule has 8 aromatic rings. The van der Waals surface area contributed by atoms with E-state index in [0.717, 1.165) is 39.4 Å². The molecule has 1 heterocycles. The quantitative estimate of drug-likeness (QED) is 0.119. The van der Waals surface area contributed by atoms with E-state index in [-0.39, 0.29) is 5.92 Å². The lowest BCUT2D eigenvalue weighted by Gasteiger charge is -2.35. The van der Waals surface area contributed by atoms with Crippen LogP contribution in [0, 0.1) is 19.8 Å². The monoisotopic (exact) mass is 823 g/mol. The number of hydrogen-bond acceptors (Lipinski definition) is 4. The van der Waals surface area contributed by atoms with Crippen LogP contribution in [0.1, 0.15) is 57.9 Å². The molecule has 11 rings (SSSR count). The van der Waals surface area contributed by atoms with Gasteiger partial charge in [0.2, 0.25) is 0 Å². The van der Waals surface area contributed by atoms with E-state index in [1.807, 2.05) is 60.7 Å². The fourth-order valence-corrected chi connectivity index (χ4v) is 9.93. The molecular formula is C59H45N5. The van der Waals surface area contributed by atoms with Crippen molar-refractivity contribution in [3.8, 4) is 45.3 Å². The predicted octanol–water partition coefficient (Wildman–Crippen LogP) is 13.7. The van der Waals surface area contributed by atoms with Crippen molar-refractivity contribution >= 4 is 22.8 Å². The first kappa shape index (κ1) is 39.0. The second kappa shape index (κ2) is 15.8. The third kappa shape index (κ3) is 6.60. The molecular weight excluding hydrogens is 779 g/mol. The van der Waals surface area contributed by atoms with Crippen LogP contribution >= 0.6 is 0 Å². The van der Waals surface area contributed by atoms with Gasteiger partial charge in [-0.2, -0.15) is 0 Å². The maximum Gasteiger partial charge on any atom is 0.164 e. The van der Waals surface area contributed by atoms with E-state index in [4.69, 9.17) is 24.9 Å². The molecule has 0 fully saturated rings. The third-order valence-electron chi connectivity index (χ3n) is 13.0. The molecule has 1 aromatic heterocycles. The summed E-state index contributed by atoms with van der Waals surface area (Å²) < 4.78 is 0. The van der Waals surface area contributed by atoms with Crippen LogP contribution in [0.15, 0.2) is 210 Å². The molecule has 5 nitrogen and oxygen atoms in total. The average Bonchev–Trinajstić information content (AvgIpc) is 3.80. The van der Waals surface area contributed by atoms with E-state index in [9.17, 15) is 0 Å². The summed E-state index contributed by atoms with van der Waals surface area (Å²) in [4.78, 5) is 26.1. The molecule has 0 saturated heterocycles. The maximum atomic E-state index is 5.36. The highest BCUT2D eigenvalue weighted by Crippen LogP contribution is 2.64. The summed E-state index contributed by atoms with van der Waals surface area (Å²) >= 11 is 0. The van der Waals surface area contributed by atoms with Crippen LogP contribution in [-0.4, -0.2) is 26.5 Å². The summed E-state index contributed by atoms with van der Waals surface area (Å²) in [5.74, 6) is 2.53. The third-order valence-corrected chi connectivity index (χ3v) is 13.0. The minimum atomic E-state index is -0.594. The van der Waals surface area contributed by atoms with Crippen LogP contribution in [0.25, 0.3) is 56.6 Å². The second-order valence-corrected chi connectivity index (χ2v) is 17.1. The van der Waals surface area contributed by atoms with Gasteiger partial charge in [0.1, 0.15) is 5.84 Å². The van der Waals surface area contributed by atoms with Crippen molar-refractivity contribution in [2.75, 3.05) is 0 Å². The van der Waals surface area contributed by atoms with Crippen LogP contribution in [0.3, 0.4) is 0 Å². The fraction of sp³-hybridized carbons (Fsp3) is 0.102. The van der Waals surface area contributed by atoms with E-state index in [0.29, 0.717) is 29.6 Å². The number of aryl methyl sites for hydroxylation is 2. The van der Waals surface area contributed by atoms with Crippen LogP contribution in [0.5, 0.6) is 0 Å². The minimum absolute atomic E-state index is 0.129. The Kier molecular flexibility index (Phi) is 9.62. The van der Waals surface area contributed by atoms with E-state index >= 15 is 0 Å². The van der Waals surface area contributed by atoms with Crippen molar-refractivity contribution < 1.29 is 0 Å². The van der Waals surface area contributed by atoms with Gasteiger partial charge in [0, 0.05) is 28.3 Å². The Bertz CT molecular complexity index is 3210. The van der Waals surface area contributed by atoms with Gasteiger partial charge in [0.05, 0.1) is 11.1 Å². The van der Waals surface area contributed by atoms with Gasteiger partial charge in [-0.05, 0) is 88.9 Å². The Balaban J connectivity index is 1.12. The highest BCUT2D eigenvalue weighted by Gasteiger charge is 2.54. The number of benzene rings is 7. The first-order valence-corrected chi connectivity index (χ1v) is 22.0. The molecule has 0 bridgehead atoms. The number of amidine groups is 1. The fourth-order valence-electron chi connectivity index (χ4n) is 9.93. The molecule has 0 saturated carbocycles. The maximum absolute atomic E-state index is 5.36. The van der Waals surface area contributed by atoms with Crippen molar-refractivity contribution in [2.45, 2.75) is 32.6 Å². The topological polar surface area (TPSA) is 63.4 Å². The molecule has 2 atom stereocenters. The van der Waals surface area contributed by atoms with Gasteiger partial charge in [-0.15, -0.1) is 0 Å². The van der Waals surface area contributed by atoms with E-state index < -0.39 is 5.41 Å². The minimum Gasteiger partial charge on any atom is -0.237 e. The zero-order valence-corrected chi connectivity index (χ0v) is 36.1. The molecule has 0 N–H and O–H groups in total. The van der Waals surface area contributed by atoms with Crippen LogP contribution in [0.4, 0.5) is 0 Å². The molecule has 64 heavy (non-hydrogen) atoms. The Morgan fingerprint density at radius 2 is 1.02 bits per heavy atom. The number of fused-ring (bicyclic) bond motifs is 9. The standard InChI is InChI=1S/C59H45N5/c1-37-25-29-47-49-31-27-45(57(60-39(3)41-17-9-5-10-18-41)61-40(4)42-19-11-6-12-20-42)35-53(49)59(51(47)33-37)52-34-38(2)26-30-48(52)50-32-28-46(36-54(50)59)58-63-55(43-21-13-7-14-22-43)62-56(64-58)44-23-15-8-16-24-44/h5-34,36,45H,3,35H2,1-2,4H3/b60-57-,61-40+. The second-order valence-electron chi connectivity index (χ2n) is 17.1. The van der Waals surface area contributed by atoms with Gasteiger partial charge in [-0.3, -0.25) is 0 Å². The number of hydrogen-bond donors (Lipinski definition) is 0. The summed E-state index contributed by atoms with van der Waals surface area (Å²) in [5.41, 5.74) is 18.5. The summed E-state index contributed by atoms with van der Waals surface area (Å²) in [7, 11) is 0. The lowest BCUT2D eigenvalue weighted by molar-refractivity contribution is 0.677. The summed E-state index contributed by atoms with van der Waals surface area (Å²) in [6.45, 7) is 11.0. The molecule has 0 aliphatic heterocycles. The molecule has 306 valence electrons. The van der Waals surface area contributed by atoms with Gasteiger partial charge in [-0.25, -0.2) is 24.9 Å². The van der Waals surface area contributed by atoms with Gasteiger partial charge < -0.3 is 0 Å². The van der Waals surface area contributed by atoms with E-state index in [1.54, 1.807) is 0 Å². The number of aromatic nitrogens is 3. The zero-order valence-electron chi connectivity index (χ0n) is 36.1. The largest absolute Gasteiger partial charge is 0.237 e. The Morgan fingerprint density at radius 3 is 1.61 bits per heavy atom. The van der Waals surface area contributed by atoms with E-state index in [2.05, 4.69) is 155 Å². The summed E-state index contributed by atoms with van der Waals surface area (Å²) in [6.07, 6.45) is 5.36. The molecule has 7 aromatic carbocycles. The van der Waals surface area contributed by atoms with Gasteiger partial charge in [-0.1, -0.05) is 200 Å². The highest BCUT2D eigenvalue weighted by molar-refractivity contribution is 6.09. The number of allylic oxidation sites excluding steroid dienone is 3. The molecule has 3 aliphatic rings. The van der Waals surface area contributed by atoms with E-state index in [1.165, 1.54) is 55.7 Å². The van der Waals surface area contributed by atoms with Crippen LogP contribution < -0.4 is 0 Å². The Hall–Kier alpha value is -7.89. The number of nitrogens with zero attached hydrogens (tertiary/aromatic N) is 5.